The van der Waals surface area contributed by atoms with Gasteiger partial charge in [-0.1, -0.05) is 24.4 Å². The Labute approximate surface area is 153 Å². The molecule has 0 radical (unpaired) electrons. The quantitative estimate of drug-likeness (QED) is 0.802. The van der Waals surface area contributed by atoms with Crippen LogP contribution in [0.15, 0.2) is 12.1 Å². The number of ether oxygens (including phenoxy) is 2. The number of hydrogen-bond donors (Lipinski definition) is 1. The fourth-order valence-electron chi connectivity index (χ4n) is 3.09. The van der Waals surface area contributed by atoms with Gasteiger partial charge in [0.05, 0.1) is 24.9 Å². The molecule has 25 heavy (non-hydrogen) atoms. The first kappa shape index (κ1) is 19.4. The largest absolute Gasteiger partial charge is 0.495 e. The lowest BCUT2D eigenvalue weighted by atomic mass is 10.2. The summed E-state index contributed by atoms with van der Waals surface area (Å²) in [6.07, 6.45) is 4.61. The van der Waals surface area contributed by atoms with Crippen LogP contribution >= 0.6 is 11.6 Å². The normalized spacial score (nSPS) is 14.2. The molecule has 0 atom stereocenters. The van der Waals surface area contributed by atoms with Crippen LogP contribution in [-0.4, -0.2) is 38.6 Å². The Morgan fingerprint density at radius 2 is 1.84 bits per heavy atom. The molecule has 7 heteroatoms. The third-order valence-corrected chi connectivity index (χ3v) is 4.70. The lowest BCUT2D eigenvalue weighted by Gasteiger charge is -2.24. The van der Waals surface area contributed by atoms with Gasteiger partial charge in [0, 0.05) is 38.1 Å². The fraction of sp³-hybridized carbons (Fsp3) is 0.556. The zero-order chi connectivity index (χ0) is 18.4. The van der Waals surface area contributed by atoms with Crippen molar-refractivity contribution in [2.75, 3.05) is 25.7 Å². The molecule has 0 bridgehead atoms. The number of carbonyl (C=O) groups is 2. The number of methoxy groups -OCH3 is 2. The van der Waals surface area contributed by atoms with Crippen LogP contribution in [0.25, 0.3) is 0 Å². The van der Waals surface area contributed by atoms with Crippen LogP contribution in [0.2, 0.25) is 5.02 Å². The average Bonchev–Trinajstić information content (AvgIpc) is 3.08. The van der Waals surface area contributed by atoms with Gasteiger partial charge in [-0.3, -0.25) is 9.59 Å². The monoisotopic (exact) mass is 368 g/mol. The summed E-state index contributed by atoms with van der Waals surface area (Å²) >= 11 is 6.11. The highest BCUT2D eigenvalue weighted by Crippen LogP contribution is 2.38. The van der Waals surface area contributed by atoms with Gasteiger partial charge in [0.25, 0.3) is 0 Å². The number of anilines is 1. The molecule has 6 nitrogen and oxygen atoms in total. The molecule has 0 aliphatic heterocycles. The molecular weight excluding hydrogens is 344 g/mol. The average molecular weight is 369 g/mol. The highest BCUT2D eigenvalue weighted by Gasteiger charge is 2.22. The molecule has 2 amide bonds. The van der Waals surface area contributed by atoms with Gasteiger partial charge in [0.1, 0.15) is 11.5 Å². The highest BCUT2D eigenvalue weighted by atomic mass is 35.5. The maximum absolute atomic E-state index is 12.2. The van der Waals surface area contributed by atoms with Crippen molar-refractivity contribution in [1.29, 1.82) is 0 Å². The van der Waals surface area contributed by atoms with Gasteiger partial charge in [-0.25, -0.2) is 0 Å². The zero-order valence-corrected chi connectivity index (χ0v) is 15.7. The summed E-state index contributed by atoms with van der Waals surface area (Å²) in [7, 11) is 3.01. The van der Waals surface area contributed by atoms with Gasteiger partial charge in [0.15, 0.2) is 0 Å². The van der Waals surface area contributed by atoms with E-state index < -0.39 is 0 Å². The number of hydrogen-bond acceptors (Lipinski definition) is 4. The van der Waals surface area contributed by atoms with E-state index in [1.165, 1.54) is 26.0 Å². The molecular formula is C18H25ClN2O4. The lowest BCUT2D eigenvalue weighted by Crippen LogP contribution is -2.37. The van der Waals surface area contributed by atoms with E-state index in [-0.39, 0.29) is 30.8 Å². The third kappa shape index (κ3) is 5.01. The predicted molar refractivity (Wildman–Crippen MR) is 97.6 cm³/mol. The first-order chi connectivity index (χ1) is 12.0. The lowest BCUT2D eigenvalue weighted by molar-refractivity contribution is -0.121. The minimum Gasteiger partial charge on any atom is -0.495 e. The number of benzene rings is 1. The Morgan fingerprint density at radius 1 is 1.20 bits per heavy atom. The molecule has 1 aromatic carbocycles. The van der Waals surface area contributed by atoms with E-state index in [0.29, 0.717) is 22.2 Å². The molecule has 0 saturated heterocycles. The maximum atomic E-state index is 12.2. The summed E-state index contributed by atoms with van der Waals surface area (Å²) in [6.45, 7) is 1.71. The van der Waals surface area contributed by atoms with Crippen LogP contribution in [-0.2, 0) is 9.59 Å². The topological polar surface area (TPSA) is 67.9 Å². The first-order valence-electron chi connectivity index (χ1n) is 8.45. The van der Waals surface area contributed by atoms with Crippen molar-refractivity contribution in [3.8, 4) is 11.5 Å². The highest BCUT2D eigenvalue weighted by molar-refractivity contribution is 6.32. The maximum Gasteiger partial charge on any atom is 0.223 e. The van der Waals surface area contributed by atoms with Crippen molar-refractivity contribution < 1.29 is 19.1 Å². The molecule has 0 heterocycles. The van der Waals surface area contributed by atoms with E-state index in [1.807, 2.05) is 0 Å². The van der Waals surface area contributed by atoms with E-state index in [0.717, 1.165) is 25.7 Å². The van der Waals surface area contributed by atoms with E-state index in [9.17, 15) is 9.59 Å². The van der Waals surface area contributed by atoms with Crippen molar-refractivity contribution in [1.82, 2.24) is 5.32 Å². The van der Waals surface area contributed by atoms with Gasteiger partial charge in [-0.2, -0.15) is 0 Å². The van der Waals surface area contributed by atoms with Gasteiger partial charge in [-0.05, 0) is 12.8 Å². The van der Waals surface area contributed by atoms with Crippen molar-refractivity contribution in [3.63, 3.8) is 0 Å². The molecule has 0 unspecified atom stereocenters. The first-order valence-corrected chi connectivity index (χ1v) is 8.83. The van der Waals surface area contributed by atoms with Crippen LogP contribution < -0.4 is 19.7 Å². The number of nitrogens with one attached hydrogen (secondary N) is 1. The summed E-state index contributed by atoms with van der Waals surface area (Å²) in [5.74, 6) is 0.672. The minimum atomic E-state index is -0.184. The summed E-state index contributed by atoms with van der Waals surface area (Å²) in [5, 5.41) is 3.42. The van der Waals surface area contributed by atoms with Crippen molar-refractivity contribution >= 4 is 29.1 Å². The van der Waals surface area contributed by atoms with Crippen LogP contribution in [0, 0.1) is 0 Å². The zero-order valence-electron chi connectivity index (χ0n) is 14.9. The Kier molecular flexibility index (Phi) is 6.93. The van der Waals surface area contributed by atoms with Crippen LogP contribution in [0.1, 0.15) is 39.0 Å². The van der Waals surface area contributed by atoms with Crippen molar-refractivity contribution in [2.24, 2.45) is 0 Å². The van der Waals surface area contributed by atoms with Crippen molar-refractivity contribution in [3.05, 3.63) is 17.2 Å². The second kappa shape index (κ2) is 8.94. The summed E-state index contributed by atoms with van der Waals surface area (Å²) in [4.78, 5) is 25.8. The molecule has 1 aromatic rings. The van der Waals surface area contributed by atoms with Gasteiger partial charge >= 0.3 is 0 Å². The van der Waals surface area contributed by atoms with E-state index in [2.05, 4.69) is 5.32 Å². The summed E-state index contributed by atoms with van der Waals surface area (Å²) in [6, 6.07) is 3.52. The van der Waals surface area contributed by atoms with Gasteiger partial charge in [0.2, 0.25) is 11.8 Å². The Balaban J connectivity index is 2.11. The second-order valence-electron chi connectivity index (χ2n) is 6.13. The molecule has 1 N–H and O–H groups in total. The standard InChI is InChI=1S/C18H25ClN2O4/c1-12(22)21(9-8-18(23)20-13-6-4-5-7-13)15-11-16(24-2)14(19)10-17(15)25-3/h10-11,13H,4-9H2,1-3H3,(H,20,23). The molecule has 0 spiro atoms. The van der Waals surface area contributed by atoms with Gasteiger partial charge in [-0.15, -0.1) is 0 Å². The minimum absolute atomic E-state index is 0.0435. The molecule has 1 fully saturated rings. The third-order valence-electron chi connectivity index (χ3n) is 4.41. The molecule has 0 aromatic heterocycles. The number of nitrogens with zero attached hydrogens (tertiary/aromatic N) is 1. The molecule has 1 aliphatic carbocycles. The van der Waals surface area contributed by atoms with Crippen LogP contribution in [0.5, 0.6) is 11.5 Å². The van der Waals surface area contributed by atoms with Crippen molar-refractivity contribution in [2.45, 2.75) is 45.1 Å². The Morgan fingerprint density at radius 3 is 2.40 bits per heavy atom. The Hall–Kier alpha value is -1.95. The molecule has 1 saturated carbocycles. The molecule has 2 rings (SSSR count). The number of halogens is 1. The number of carbonyl (C=O) groups excluding carboxylic acids is 2. The molecule has 1 aliphatic rings. The second-order valence-corrected chi connectivity index (χ2v) is 6.54. The Bertz CT molecular complexity index is 630. The fourth-order valence-corrected chi connectivity index (χ4v) is 3.32. The predicted octanol–water partition coefficient (Wildman–Crippen LogP) is 3.16. The van der Waals surface area contributed by atoms with E-state index >= 15 is 0 Å². The van der Waals surface area contributed by atoms with Crippen LogP contribution in [0.3, 0.4) is 0 Å². The number of amides is 2. The number of rotatable bonds is 7. The van der Waals surface area contributed by atoms with E-state index in [1.54, 1.807) is 12.1 Å². The molecule has 138 valence electrons. The van der Waals surface area contributed by atoms with Crippen LogP contribution in [0.4, 0.5) is 5.69 Å². The summed E-state index contributed by atoms with van der Waals surface area (Å²) < 4.78 is 10.6. The van der Waals surface area contributed by atoms with Gasteiger partial charge < -0.3 is 19.7 Å². The summed E-state index contributed by atoms with van der Waals surface area (Å²) in [5.41, 5.74) is 0.532. The van der Waals surface area contributed by atoms with E-state index in [4.69, 9.17) is 21.1 Å². The smallest absolute Gasteiger partial charge is 0.223 e. The SMILES string of the molecule is COc1cc(N(CCC(=O)NC2CCCC2)C(C)=O)c(OC)cc1Cl.